The first kappa shape index (κ1) is 20.4. The smallest absolute Gasteiger partial charge is 0.341 e. The number of ether oxygens (including phenoxy) is 1. The van der Waals surface area contributed by atoms with E-state index in [0.717, 1.165) is 16.9 Å². The van der Waals surface area contributed by atoms with E-state index in [9.17, 15) is 14.4 Å². The first-order valence-electron chi connectivity index (χ1n) is 8.41. The van der Waals surface area contributed by atoms with Crippen molar-refractivity contribution in [2.75, 3.05) is 26.0 Å². The second kappa shape index (κ2) is 9.14. The molecule has 0 spiro atoms. The maximum Gasteiger partial charge on any atom is 0.341 e. The van der Waals surface area contributed by atoms with Gasteiger partial charge >= 0.3 is 5.97 Å². The summed E-state index contributed by atoms with van der Waals surface area (Å²) in [4.78, 5) is 38.8. The number of carbonyl (C=O) groups is 3. The molecule has 7 heteroatoms. The maximum absolute atomic E-state index is 12.4. The highest BCUT2D eigenvalue weighted by molar-refractivity contribution is 7.18. The van der Waals surface area contributed by atoms with E-state index in [2.05, 4.69) is 5.32 Å². The van der Waals surface area contributed by atoms with Crippen molar-refractivity contribution >= 4 is 40.2 Å². The lowest BCUT2D eigenvalue weighted by molar-refractivity contribution is -0.111. The quantitative estimate of drug-likeness (QED) is 0.608. The number of rotatable bonds is 6. The summed E-state index contributed by atoms with van der Waals surface area (Å²) in [6, 6.07) is 9.38. The normalized spacial score (nSPS) is 10.7. The molecule has 0 aliphatic carbocycles. The Kier molecular flexibility index (Phi) is 6.90. The Balaban J connectivity index is 2.32. The lowest BCUT2D eigenvalue weighted by atomic mass is 10.1. The third-order valence-electron chi connectivity index (χ3n) is 3.69. The summed E-state index contributed by atoms with van der Waals surface area (Å²) < 4.78 is 5.09. The van der Waals surface area contributed by atoms with Crippen LogP contribution < -0.4 is 5.32 Å². The number of nitrogens with zero attached hydrogens (tertiary/aromatic N) is 1. The fourth-order valence-corrected chi connectivity index (χ4v) is 3.57. The standard InChI is InChI=1S/C20H22N2O4S/c1-5-26-20(25)16-13(2)17(19(24)22(3)4)27-18(16)21-15(23)12-11-14-9-7-6-8-10-14/h6-12H,5H2,1-4H3,(H,21,23)/b12-11+. The number of amides is 2. The zero-order chi connectivity index (χ0) is 20.0. The van der Waals surface area contributed by atoms with Gasteiger partial charge in [-0.15, -0.1) is 11.3 Å². The molecule has 1 N–H and O–H groups in total. The number of hydrogen-bond acceptors (Lipinski definition) is 5. The van der Waals surface area contributed by atoms with Crippen LogP contribution in [0.5, 0.6) is 0 Å². The van der Waals surface area contributed by atoms with Crippen LogP contribution in [0, 0.1) is 6.92 Å². The van der Waals surface area contributed by atoms with Gasteiger partial charge in [0.05, 0.1) is 17.0 Å². The van der Waals surface area contributed by atoms with Crippen molar-refractivity contribution in [3.63, 3.8) is 0 Å². The minimum atomic E-state index is -0.564. The molecule has 0 aliphatic heterocycles. The Morgan fingerprint density at radius 3 is 2.44 bits per heavy atom. The van der Waals surface area contributed by atoms with Gasteiger partial charge in [0, 0.05) is 20.2 Å². The van der Waals surface area contributed by atoms with Gasteiger partial charge < -0.3 is 15.0 Å². The molecule has 0 atom stereocenters. The molecular weight excluding hydrogens is 364 g/mol. The Morgan fingerprint density at radius 1 is 1.19 bits per heavy atom. The topological polar surface area (TPSA) is 75.7 Å². The van der Waals surface area contributed by atoms with E-state index in [4.69, 9.17) is 4.74 Å². The molecule has 142 valence electrons. The van der Waals surface area contributed by atoms with Gasteiger partial charge in [0.25, 0.3) is 5.91 Å². The summed E-state index contributed by atoms with van der Waals surface area (Å²) >= 11 is 1.07. The van der Waals surface area contributed by atoms with E-state index in [-0.39, 0.29) is 18.1 Å². The molecule has 1 aromatic heterocycles. The molecule has 0 radical (unpaired) electrons. The van der Waals surface area contributed by atoms with Crippen molar-refractivity contribution in [2.45, 2.75) is 13.8 Å². The number of carbonyl (C=O) groups excluding carboxylic acids is 3. The van der Waals surface area contributed by atoms with Crippen molar-refractivity contribution in [3.05, 3.63) is 58.0 Å². The van der Waals surface area contributed by atoms with Crippen molar-refractivity contribution < 1.29 is 19.1 Å². The van der Waals surface area contributed by atoms with Gasteiger partial charge in [-0.1, -0.05) is 30.3 Å². The highest BCUT2D eigenvalue weighted by atomic mass is 32.1. The molecule has 6 nitrogen and oxygen atoms in total. The van der Waals surface area contributed by atoms with E-state index >= 15 is 0 Å². The van der Waals surface area contributed by atoms with E-state index in [1.54, 1.807) is 34.0 Å². The van der Waals surface area contributed by atoms with Crippen molar-refractivity contribution in [3.8, 4) is 0 Å². The summed E-state index contributed by atoms with van der Waals surface area (Å²) in [7, 11) is 3.26. The zero-order valence-electron chi connectivity index (χ0n) is 15.7. The second-order valence-electron chi connectivity index (χ2n) is 5.91. The van der Waals surface area contributed by atoms with Gasteiger partial charge in [-0.05, 0) is 31.1 Å². The van der Waals surface area contributed by atoms with E-state index in [1.165, 1.54) is 11.0 Å². The van der Waals surface area contributed by atoms with Crippen LogP contribution in [0.3, 0.4) is 0 Å². The first-order valence-corrected chi connectivity index (χ1v) is 9.23. The van der Waals surface area contributed by atoms with Gasteiger partial charge in [0.15, 0.2) is 0 Å². The molecule has 0 bridgehead atoms. The number of benzene rings is 1. The summed E-state index contributed by atoms with van der Waals surface area (Å²) in [5.41, 5.74) is 1.59. The van der Waals surface area contributed by atoms with Crippen LogP contribution in [-0.4, -0.2) is 43.4 Å². The predicted octanol–water partition coefficient (Wildman–Crippen LogP) is 3.59. The summed E-state index contributed by atoms with van der Waals surface area (Å²) in [5.74, 6) is -1.19. The predicted molar refractivity (Wildman–Crippen MR) is 107 cm³/mol. The molecule has 0 saturated heterocycles. The summed E-state index contributed by atoms with van der Waals surface area (Å²) in [6.45, 7) is 3.58. The Bertz CT molecular complexity index is 870. The highest BCUT2D eigenvalue weighted by Gasteiger charge is 2.26. The number of thiophene rings is 1. The number of nitrogens with one attached hydrogen (secondary N) is 1. The molecule has 2 amide bonds. The first-order chi connectivity index (χ1) is 12.8. The van der Waals surface area contributed by atoms with Gasteiger partial charge in [0.2, 0.25) is 5.91 Å². The maximum atomic E-state index is 12.4. The molecule has 0 aliphatic rings. The Labute approximate surface area is 162 Å². The number of anilines is 1. The van der Waals surface area contributed by atoms with Gasteiger partial charge in [0.1, 0.15) is 5.00 Å². The lowest BCUT2D eigenvalue weighted by Crippen LogP contribution is -2.21. The minimum Gasteiger partial charge on any atom is -0.462 e. The lowest BCUT2D eigenvalue weighted by Gasteiger charge is -2.09. The van der Waals surface area contributed by atoms with Crippen LogP contribution in [0.25, 0.3) is 6.08 Å². The zero-order valence-corrected chi connectivity index (χ0v) is 16.6. The third-order valence-corrected chi connectivity index (χ3v) is 4.89. The van der Waals surface area contributed by atoms with Gasteiger partial charge in [-0.25, -0.2) is 4.79 Å². The number of hydrogen-bond donors (Lipinski definition) is 1. The van der Waals surface area contributed by atoms with Crippen LogP contribution in [-0.2, 0) is 9.53 Å². The largest absolute Gasteiger partial charge is 0.462 e. The minimum absolute atomic E-state index is 0.201. The van der Waals surface area contributed by atoms with Gasteiger partial charge in [-0.2, -0.15) is 0 Å². The fourth-order valence-electron chi connectivity index (χ4n) is 2.35. The Morgan fingerprint density at radius 2 is 1.85 bits per heavy atom. The van der Waals surface area contributed by atoms with Crippen LogP contribution in [0.1, 0.15) is 38.1 Å². The highest BCUT2D eigenvalue weighted by Crippen LogP contribution is 2.34. The molecule has 0 unspecified atom stereocenters. The van der Waals surface area contributed by atoms with E-state index < -0.39 is 11.9 Å². The SMILES string of the molecule is CCOC(=O)c1c(NC(=O)/C=C/c2ccccc2)sc(C(=O)N(C)C)c1C. The molecule has 2 rings (SSSR count). The van der Waals surface area contributed by atoms with Gasteiger partial charge in [-0.3, -0.25) is 9.59 Å². The Hall–Kier alpha value is -2.93. The monoisotopic (exact) mass is 386 g/mol. The molecule has 2 aromatic rings. The molecule has 1 heterocycles. The van der Waals surface area contributed by atoms with Crippen molar-refractivity contribution in [1.82, 2.24) is 4.90 Å². The molecule has 0 fully saturated rings. The van der Waals surface area contributed by atoms with E-state index in [1.807, 2.05) is 30.3 Å². The average molecular weight is 386 g/mol. The second-order valence-corrected chi connectivity index (χ2v) is 6.93. The third kappa shape index (κ3) is 5.04. The van der Waals surface area contributed by atoms with Crippen LogP contribution in [0.2, 0.25) is 0 Å². The molecular formula is C20H22N2O4S. The summed E-state index contributed by atoms with van der Waals surface area (Å²) in [5, 5.41) is 3.00. The molecule has 1 aromatic carbocycles. The molecule has 0 saturated carbocycles. The van der Waals surface area contributed by atoms with Crippen LogP contribution in [0.4, 0.5) is 5.00 Å². The van der Waals surface area contributed by atoms with Crippen molar-refractivity contribution in [1.29, 1.82) is 0 Å². The van der Waals surface area contributed by atoms with E-state index in [0.29, 0.717) is 15.4 Å². The summed E-state index contributed by atoms with van der Waals surface area (Å²) in [6.07, 6.45) is 3.05. The number of esters is 1. The van der Waals surface area contributed by atoms with Crippen LogP contribution in [0.15, 0.2) is 36.4 Å². The molecule has 27 heavy (non-hydrogen) atoms. The fraction of sp³-hybridized carbons (Fsp3) is 0.250. The average Bonchev–Trinajstić information content (AvgIpc) is 2.96. The van der Waals surface area contributed by atoms with Crippen LogP contribution >= 0.6 is 11.3 Å². The van der Waals surface area contributed by atoms with Crippen molar-refractivity contribution in [2.24, 2.45) is 0 Å².